The number of unbranched alkanes of at least 4 members (excludes halogenated alkanes) is 1. The van der Waals surface area contributed by atoms with Crippen LogP contribution in [0.15, 0.2) is 65.8 Å². The molecule has 8 rings (SSSR count). The Morgan fingerprint density at radius 2 is 1.87 bits per heavy atom. The number of benzene rings is 2. The summed E-state index contributed by atoms with van der Waals surface area (Å²) in [6.45, 7) is 5.55. The molecule has 0 bridgehead atoms. The number of aromatic nitrogens is 4. The van der Waals surface area contributed by atoms with E-state index in [0.717, 1.165) is 92.2 Å². The van der Waals surface area contributed by atoms with E-state index >= 15 is 0 Å². The van der Waals surface area contributed by atoms with Gasteiger partial charge in [-0.1, -0.05) is 41.6 Å². The molecule has 3 aliphatic rings. The summed E-state index contributed by atoms with van der Waals surface area (Å²) in [6, 6.07) is 16.8. The van der Waals surface area contributed by atoms with E-state index in [2.05, 4.69) is 44.2 Å². The molecule has 266 valence electrons. The van der Waals surface area contributed by atoms with Crippen molar-refractivity contribution >= 4 is 52.1 Å². The highest BCUT2D eigenvalue weighted by atomic mass is 35.5. The number of halogens is 1. The maximum absolute atomic E-state index is 13.1. The highest BCUT2D eigenvalue weighted by Gasteiger charge is 2.39. The number of imide groups is 1. The third-order valence-electron chi connectivity index (χ3n) is 9.86. The van der Waals surface area contributed by atoms with Crippen LogP contribution < -0.4 is 10.6 Å². The number of nitrogens with one attached hydrogen (secondary N) is 2. The van der Waals surface area contributed by atoms with Crippen LogP contribution in [0, 0.1) is 25.7 Å². The molecule has 5 aromatic rings. The average molecular weight is 743 g/mol. The van der Waals surface area contributed by atoms with Crippen LogP contribution >= 0.6 is 22.9 Å². The summed E-state index contributed by atoms with van der Waals surface area (Å²) in [5.41, 5.74) is 8.20. The van der Waals surface area contributed by atoms with Gasteiger partial charge in [-0.15, -0.1) is 21.5 Å². The zero-order valence-corrected chi connectivity index (χ0v) is 30.8. The number of thiophene rings is 1. The van der Waals surface area contributed by atoms with Crippen molar-refractivity contribution in [1.29, 1.82) is 0 Å². The number of piperidine rings is 1. The van der Waals surface area contributed by atoms with Crippen molar-refractivity contribution in [1.82, 2.24) is 30.0 Å². The first-order valence-electron chi connectivity index (χ1n) is 17.6. The Balaban J connectivity index is 0.895. The molecule has 1 fully saturated rings. The molecule has 3 aliphatic heterocycles. The molecule has 53 heavy (non-hydrogen) atoms. The van der Waals surface area contributed by atoms with Gasteiger partial charge >= 0.3 is 0 Å². The predicted molar refractivity (Wildman–Crippen MR) is 204 cm³/mol. The molecule has 0 aliphatic carbocycles. The van der Waals surface area contributed by atoms with Crippen molar-refractivity contribution in [3.63, 3.8) is 0 Å². The van der Waals surface area contributed by atoms with Gasteiger partial charge < -0.3 is 10.2 Å². The lowest BCUT2D eigenvalue weighted by molar-refractivity contribution is -0.136. The first kappa shape index (κ1) is 34.4. The van der Waals surface area contributed by atoms with E-state index in [1.807, 2.05) is 61.7 Å². The zero-order chi connectivity index (χ0) is 36.6. The van der Waals surface area contributed by atoms with Gasteiger partial charge in [0, 0.05) is 69.9 Å². The number of carbonyl (C=O) groups is 3. The first-order chi connectivity index (χ1) is 25.7. The summed E-state index contributed by atoms with van der Waals surface area (Å²) in [7, 11) is 0. The lowest BCUT2D eigenvalue weighted by atomic mass is 10.00. The molecule has 2 N–H and O–H groups in total. The number of aryl methyl sites for hydroxylation is 2. The van der Waals surface area contributed by atoms with Crippen molar-refractivity contribution in [3.8, 4) is 16.8 Å². The molecular weight excluding hydrogens is 708 g/mol. The first-order valence-corrected chi connectivity index (χ1v) is 18.8. The Morgan fingerprint density at radius 1 is 1.02 bits per heavy atom. The fourth-order valence-corrected chi connectivity index (χ4v) is 8.44. The third kappa shape index (κ3) is 6.74. The minimum Gasteiger partial charge on any atom is -0.385 e. The summed E-state index contributed by atoms with van der Waals surface area (Å²) < 4.78 is 2.08. The molecular formula is C40H35ClN8O3S. The predicted octanol–water partition coefficient (Wildman–Crippen LogP) is 5.94. The molecule has 0 spiro atoms. The van der Waals surface area contributed by atoms with Gasteiger partial charge in [0.1, 0.15) is 23.4 Å². The summed E-state index contributed by atoms with van der Waals surface area (Å²) >= 11 is 7.82. The SMILES string of the molecule is Cc1c(C#Cc2ccc(CCCCNc3cccc4c3CN(C3CCC(=O)NC3=O)C4=O)nc2)sc2c1C(c1ccc(Cl)cc1)=NCc1nnc(C)n1-2. The minimum absolute atomic E-state index is 0.170. The topological polar surface area (TPSA) is 134 Å². The van der Waals surface area contributed by atoms with Gasteiger partial charge in [-0.3, -0.25) is 34.2 Å². The molecule has 13 heteroatoms. The average Bonchev–Trinajstić information content (AvgIpc) is 3.76. The fourth-order valence-electron chi connectivity index (χ4n) is 7.08. The molecule has 3 amide bonds. The van der Waals surface area contributed by atoms with Crippen LogP contribution in [0.5, 0.6) is 0 Å². The van der Waals surface area contributed by atoms with Crippen LogP contribution in [-0.2, 0) is 29.1 Å². The molecule has 0 saturated carbocycles. The van der Waals surface area contributed by atoms with Gasteiger partial charge in [-0.05, 0) is 81.5 Å². The van der Waals surface area contributed by atoms with Crippen molar-refractivity contribution in [2.24, 2.45) is 4.99 Å². The monoisotopic (exact) mass is 742 g/mol. The number of amides is 3. The Hall–Kier alpha value is -5.64. The van der Waals surface area contributed by atoms with E-state index in [1.54, 1.807) is 22.3 Å². The summed E-state index contributed by atoms with van der Waals surface area (Å²) in [5, 5.41) is 16.3. The van der Waals surface area contributed by atoms with E-state index in [0.29, 0.717) is 30.1 Å². The Morgan fingerprint density at radius 3 is 2.66 bits per heavy atom. The number of aliphatic imine (C=N–C) groups is 1. The maximum atomic E-state index is 13.1. The maximum Gasteiger partial charge on any atom is 0.255 e. The quantitative estimate of drug-likeness (QED) is 0.114. The van der Waals surface area contributed by atoms with Crippen molar-refractivity contribution < 1.29 is 14.4 Å². The molecule has 6 heterocycles. The standard InChI is InChI=1S/C40H35ClN8O3S/c1-23-33(53-40-36(23)37(26-11-13-27(41)14-12-26)44-21-34-47-46-24(2)49(34)40)17-10-25-9-15-28(43-20-25)6-3-4-19-42-31-8-5-7-29-30(31)22-48(39(29)52)32-16-18-35(50)45-38(32)51/h5,7-9,11-15,20,32,42H,3-4,6,16,18-19,21-22H2,1-2H3,(H,45,50,51). The van der Waals surface area contributed by atoms with Crippen LogP contribution in [0.2, 0.25) is 5.02 Å². The van der Waals surface area contributed by atoms with E-state index in [-0.39, 0.29) is 18.2 Å². The molecule has 1 saturated heterocycles. The third-order valence-corrected chi connectivity index (χ3v) is 11.3. The second-order valence-corrected chi connectivity index (χ2v) is 14.7. The molecule has 0 radical (unpaired) electrons. The Labute approximate surface area is 315 Å². The van der Waals surface area contributed by atoms with E-state index in [1.165, 1.54) is 0 Å². The largest absolute Gasteiger partial charge is 0.385 e. The van der Waals surface area contributed by atoms with Crippen LogP contribution in [-0.4, -0.2) is 60.7 Å². The van der Waals surface area contributed by atoms with Crippen LogP contribution in [0.4, 0.5) is 5.69 Å². The fraction of sp³-hybridized carbons (Fsp3) is 0.275. The Bertz CT molecular complexity index is 2370. The van der Waals surface area contributed by atoms with Gasteiger partial charge in [-0.25, -0.2) is 0 Å². The normalized spacial score (nSPS) is 16.2. The van der Waals surface area contributed by atoms with Gasteiger partial charge in [0.15, 0.2) is 5.82 Å². The number of nitrogens with zero attached hydrogens (tertiary/aromatic N) is 6. The van der Waals surface area contributed by atoms with Crippen LogP contribution in [0.25, 0.3) is 5.00 Å². The van der Waals surface area contributed by atoms with Gasteiger partial charge in [-0.2, -0.15) is 0 Å². The number of hydrogen-bond acceptors (Lipinski definition) is 9. The second-order valence-electron chi connectivity index (χ2n) is 13.3. The number of carbonyl (C=O) groups excluding carboxylic acids is 3. The number of fused-ring (bicyclic) bond motifs is 4. The van der Waals surface area contributed by atoms with Gasteiger partial charge in [0.2, 0.25) is 11.8 Å². The number of hydrogen-bond donors (Lipinski definition) is 2. The number of pyridine rings is 1. The number of anilines is 1. The van der Waals surface area contributed by atoms with Gasteiger partial charge in [0.25, 0.3) is 5.91 Å². The summed E-state index contributed by atoms with van der Waals surface area (Å²) in [6.07, 6.45) is 5.08. The minimum atomic E-state index is -0.627. The van der Waals surface area contributed by atoms with E-state index < -0.39 is 11.9 Å². The highest BCUT2D eigenvalue weighted by molar-refractivity contribution is 7.15. The number of rotatable bonds is 8. The Kier molecular flexibility index (Phi) is 9.37. The van der Waals surface area contributed by atoms with Crippen molar-refractivity contribution in [2.45, 2.75) is 65.1 Å². The molecule has 3 aromatic heterocycles. The highest BCUT2D eigenvalue weighted by Crippen LogP contribution is 2.37. The lowest BCUT2D eigenvalue weighted by Gasteiger charge is -2.29. The molecule has 1 unspecified atom stereocenters. The smallest absolute Gasteiger partial charge is 0.255 e. The van der Waals surface area contributed by atoms with Crippen LogP contribution in [0.1, 0.15) is 86.1 Å². The summed E-state index contributed by atoms with van der Waals surface area (Å²) in [4.78, 5) is 49.4. The van der Waals surface area contributed by atoms with E-state index in [9.17, 15) is 14.4 Å². The van der Waals surface area contributed by atoms with Crippen molar-refractivity contribution in [2.75, 3.05) is 11.9 Å². The van der Waals surface area contributed by atoms with Crippen LogP contribution in [0.3, 0.4) is 0 Å². The zero-order valence-electron chi connectivity index (χ0n) is 29.2. The molecule has 1 atom stereocenters. The van der Waals surface area contributed by atoms with Gasteiger partial charge in [0.05, 0.1) is 10.6 Å². The summed E-state index contributed by atoms with van der Waals surface area (Å²) in [5.74, 6) is 7.46. The van der Waals surface area contributed by atoms with Crippen molar-refractivity contribution in [3.05, 3.63) is 121 Å². The lowest BCUT2D eigenvalue weighted by Crippen LogP contribution is -2.52. The van der Waals surface area contributed by atoms with E-state index in [4.69, 9.17) is 21.6 Å². The second kappa shape index (κ2) is 14.4. The molecule has 2 aromatic carbocycles. The molecule has 11 nitrogen and oxygen atoms in total.